The summed E-state index contributed by atoms with van der Waals surface area (Å²) in [5.74, 6) is 1.24. The van der Waals surface area contributed by atoms with E-state index in [1.54, 1.807) is 0 Å². The maximum absolute atomic E-state index is 12.6. The minimum atomic E-state index is -3.20. The predicted octanol–water partition coefficient (Wildman–Crippen LogP) is 0.335. The SMILES string of the molecule is CS(=O)(=O)N1CCN(c2nc3c(c(=O)[nH]2)Cc2ccccc2OC3)CC1. The normalized spacial score (nSPS) is 17.8. The Morgan fingerprint density at radius 1 is 1.15 bits per heavy atom. The molecular formula is C17H20N4O4S. The monoisotopic (exact) mass is 376 g/mol. The Labute approximate surface area is 151 Å². The molecule has 2 aliphatic heterocycles. The Balaban J connectivity index is 1.60. The molecule has 1 aromatic carbocycles. The second-order valence-electron chi connectivity index (χ2n) is 6.54. The smallest absolute Gasteiger partial charge is 0.256 e. The Morgan fingerprint density at radius 2 is 1.88 bits per heavy atom. The number of piperazine rings is 1. The van der Waals surface area contributed by atoms with Crippen LogP contribution in [0, 0.1) is 0 Å². The molecule has 2 aromatic rings. The van der Waals surface area contributed by atoms with Crippen molar-refractivity contribution in [1.29, 1.82) is 0 Å². The third kappa shape index (κ3) is 3.19. The number of hydrogen-bond acceptors (Lipinski definition) is 6. The summed E-state index contributed by atoms with van der Waals surface area (Å²) in [6.07, 6.45) is 1.69. The average molecular weight is 376 g/mol. The summed E-state index contributed by atoms with van der Waals surface area (Å²) in [5.41, 5.74) is 2.04. The molecule has 4 rings (SSSR count). The molecule has 3 heterocycles. The van der Waals surface area contributed by atoms with Crippen LogP contribution in [0.15, 0.2) is 29.1 Å². The van der Waals surface area contributed by atoms with Gasteiger partial charge in [-0.25, -0.2) is 13.4 Å². The van der Waals surface area contributed by atoms with Gasteiger partial charge in [0.2, 0.25) is 16.0 Å². The molecule has 0 unspecified atom stereocenters. The highest BCUT2D eigenvalue weighted by molar-refractivity contribution is 7.88. The van der Waals surface area contributed by atoms with Gasteiger partial charge < -0.3 is 9.64 Å². The van der Waals surface area contributed by atoms with Crippen LogP contribution in [0.5, 0.6) is 5.75 Å². The molecule has 9 heteroatoms. The van der Waals surface area contributed by atoms with Gasteiger partial charge in [-0.3, -0.25) is 9.78 Å². The second kappa shape index (κ2) is 6.40. The number of nitrogens with zero attached hydrogens (tertiary/aromatic N) is 3. The van der Waals surface area contributed by atoms with Crippen molar-refractivity contribution in [3.05, 3.63) is 51.4 Å². The molecule has 1 aromatic heterocycles. The fourth-order valence-corrected chi connectivity index (χ4v) is 4.17. The Morgan fingerprint density at radius 3 is 2.62 bits per heavy atom. The van der Waals surface area contributed by atoms with Crippen LogP contribution in [0.25, 0.3) is 0 Å². The van der Waals surface area contributed by atoms with Gasteiger partial charge in [0, 0.05) is 38.2 Å². The predicted molar refractivity (Wildman–Crippen MR) is 97.1 cm³/mol. The molecule has 0 saturated carbocycles. The number of benzene rings is 1. The number of ether oxygens (including phenoxy) is 1. The van der Waals surface area contributed by atoms with E-state index in [1.165, 1.54) is 10.6 Å². The largest absolute Gasteiger partial charge is 0.487 e. The first kappa shape index (κ1) is 17.0. The summed E-state index contributed by atoms with van der Waals surface area (Å²) >= 11 is 0. The maximum Gasteiger partial charge on any atom is 0.256 e. The number of H-pyrrole nitrogens is 1. The minimum Gasteiger partial charge on any atom is -0.487 e. The molecule has 1 saturated heterocycles. The van der Waals surface area contributed by atoms with Gasteiger partial charge in [-0.15, -0.1) is 0 Å². The zero-order chi connectivity index (χ0) is 18.3. The quantitative estimate of drug-likeness (QED) is 0.812. The zero-order valence-electron chi connectivity index (χ0n) is 14.4. The Bertz CT molecular complexity index is 994. The lowest BCUT2D eigenvalue weighted by molar-refractivity contribution is 0.301. The number of nitrogens with one attached hydrogen (secondary N) is 1. The van der Waals surface area contributed by atoms with E-state index in [-0.39, 0.29) is 12.2 Å². The van der Waals surface area contributed by atoms with Gasteiger partial charge in [0.05, 0.1) is 11.9 Å². The first-order valence-corrected chi connectivity index (χ1v) is 10.3. The van der Waals surface area contributed by atoms with Crippen LogP contribution < -0.4 is 15.2 Å². The zero-order valence-corrected chi connectivity index (χ0v) is 15.3. The van der Waals surface area contributed by atoms with Crippen LogP contribution >= 0.6 is 0 Å². The summed E-state index contributed by atoms with van der Waals surface area (Å²) in [7, 11) is -3.20. The van der Waals surface area contributed by atoms with Gasteiger partial charge in [0.15, 0.2) is 0 Å². The molecule has 0 aliphatic carbocycles. The van der Waals surface area contributed by atoms with Gasteiger partial charge in [-0.2, -0.15) is 4.31 Å². The van der Waals surface area contributed by atoms with Crippen LogP contribution in [0.4, 0.5) is 5.95 Å². The number of aromatic nitrogens is 2. The molecule has 0 bridgehead atoms. The second-order valence-corrected chi connectivity index (χ2v) is 8.52. The molecule has 0 amide bonds. The van der Waals surface area contributed by atoms with Crippen LogP contribution in [0.2, 0.25) is 0 Å². The summed E-state index contributed by atoms with van der Waals surface area (Å²) in [5, 5.41) is 0. The van der Waals surface area contributed by atoms with E-state index >= 15 is 0 Å². The first-order valence-electron chi connectivity index (χ1n) is 8.44. The topological polar surface area (TPSA) is 95.6 Å². The van der Waals surface area contributed by atoms with E-state index in [0.717, 1.165) is 11.3 Å². The Hall–Kier alpha value is -2.39. The van der Waals surface area contributed by atoms with E-state index in [9.17, 15) is 13.2 Å². The fraction of sp³-hybridized carbons (Fsp3) is 0.412. The van der Waals surface area contributed by atoms with Crippen molar-refractivity contribution in [2.24, 2.45) is 0 Å². The van der Waals surface area contributed by atoms with Crippen molar-refractivity contribution < 1.29 is 13.2 Å². The maximum atomic E-state index is 12.6. The summed E-state index contributed by atoms with van der Waals surface area (Å²) in [4.78, 5) is 22.0. The summed E-state index contributed by atoms with van der Waals surface area (Å²) in [6, 6.07) is 7.66. The molecule has 0 spiro atoms. The van der Waals surface area contributed by atoms with Crippen molar-refractivity contribution in [3.63, 3.8) is 0 Å². The van der Waals surface area contributed by atoms with Crippen LogP contribution in [0.1, 0.15) is 16.8 Å². The van der Waals surface area contributed by atoms with Crippen molar-refractivity contribution in [1.82, 2.24) is 14.3 Å². The molecule has 2 aliphatic rings. The molecule has 1 fully saturated rings. The highest BCUT2D eigenvalue weighted by atomic mass is 32.2. The van der Waals surface area contributed by atoms with Crippen molar-refractivity contribution in [2.75, 3.05) is 37.3 Å². The average Bonchev–Trinajstić information content (AvgIpc) is 2.81. The first-order chi connectivity index (χ1) is 12.4. The lowest BCUT2D eigenvalue weighted by Gasteiger charge is -2.33. The standard InChI is InChI=1S/C17H20N4O4S/c1-26(23,24)21-8-6-20(7-9-21)17-18-14-11-25-15-5-3-2-4-12(15)10-13(14)16(22)19-17/h2-5H,6-11H2,1H3,(H,18,19,22). The van der Waals surface area contributed by atoms with Gasteiger partial charge in [-0.05, 0) is 11.6 Å². The highest BCUT2D eigenvalue weighted by Gasteiger charge is 2.26. The van der Waals surface area contributed by atoms with E-state index in [1.807, 2.05) is 29.2 Å². The molecule has 8 nitrogen and oxygen atoms in total. The highest BCUT2D eigenvalue weighted by Crippen LogP contribution is 2.26. The van der Waals surface area contributed by atoms with Crippen LogP contribution in [-0.4, -0.2) is 55.1 Å². The molecule has 138 valence electrons. The third-order valence-corrected chi connectivity index (χ3v) is 6.10. The molecular weight excluding hydrogens is 356 g/mol. The molecule has 1 N–H and O–H groups in total. The van der Waals surface area contributed by atoms with E-state index < -0.39 is 10.0 Å². The number of hydrogen-bond donors (Lipinski definition) is 1. The molecule has 0 radical (unpaired) electrons. The van der Waals surface area contributed by atoms with E-state index in [4.69, 9.17) is 4.74 Å². The Kier molecular flexibility index (Phi) is 4.20. The number of fused-ring (bicyclic) bond motifs is 2. The summed E-state index contributed by atoms with van der Waals surface area (Å²) < 4.78 is 30.5. The van der Waals surface area contributed by atoms with Gasteiger partial charge in [0.1, 0.15) is 12.4 Å². The number of sulfonamides is 1. The van der Waals surface area contributed by atoms with Crippen LogP contribution in [-0.2, 0) is 23.1 Å². The number of anilines is 1. The molecule has 0 atom stereocenters. The van der Waals surface area contributed by atoms with E-state index in [2.05, 4.69) is 9.97 Å². The lowest BCUT2D eigenvalue weighted by Crippen LogP contribution is -2.49. The minimum absolute atomic E-state index is 0.171. The third-order valence-electron chi connectivity index (χ3n) is 4.80. The lowest BCUT2D eigenvalue weighted by atomic mass is 10.1. The van der Waals surface area contributed by atoms with E-state index in [0.29, 0.717) is 49.8 Å². The van der Waals surface area contributed by atoms with Crippen molar-refractivity contribution >= 4 is 16.0 Å². The van der Waals surface area contributed by atoms with Gasteiger partial charge in [-0.1, -0.05) is 18.2 Å². The van der Waals surface area contributed by atoms with Crippen molar-refractivity contribution in [2.45, 2.75) is 13.0 Å². The van der Waals surface area contributed by atoms with Crippen molar-refractivity contribution in [3.8, 4) is 5.75 Å². The summed E-state index contributed by atoms with van der Waals surface area (Å²) in [6.45, 7) is 1.96. The number of aromatic amines is 1. The van der Waals surface area contributed by atoms with Gasteiger partial charge in [0.25, 0.3) is 5.56 Å². The molecule has 26 heavy (non-hydrogen) atoms. The fourth-order valence-electron chi connectivity index (χ4n) is 3.34. The van der Waals surface area contributed by atoms with Gasteiger partial charge >= 0.3 is 0 Å². The van der Waals surface area contributed by atoms with Crippen LogP contribution in [0.3, 0.4) is 0 Å². The number of rotatable bonds is 2. The number of para-hydroxylation sites is 1.